The first-order valence-electron chi connectivity index (χ1n) is 9.50. The molecule has 7 nitrogen and oxygen atoms in total. The molecule has 0 saturated carbocycles. The number of hydrogen-bond donors (Lipinski definition) is 0. The molecule has 0 radical (unpaired) electrons. The fraction of sp³-hybridized carbons (Fsp3) is 0.381. The molecule has 1 saturated heterocycles. The second-order valence-electron chi connectivity index (χ2n) is 7.22. The molecule has 1 atom stereocenters. The van der Waals surface area contributed by atoms with Crippen LogP contribution in [0.5, 0.6) is 0 Å². The van der Waals surface area contributed by atoms with Crippen LogP contribution >= 0.6 is 0 Å². The Morgan fingerprint density at radius 3 is 2.75 bits per heavy atom. The lowest BCUT2D eigenvalue weighted by Gasteiger charge is -2.35. The van der Waals surface area contributed by atoms with Gasteiger partial charge in [-0.1, -0.05) is 30.3 Å². The molecule has 3 aromatic rings. The van der Waals surface area contributed by atoms with Gasteiger partial charge in [-0.25, -0.2) is 0 Å². The summed E-state index contributed by atoms with van der Waals surface area (Å²) in [4.78, 5) is 15.0. The summed E-state index contributed by atoms with van der Waals surface area (Å²) in [6.07, 6.45) is 3.38. The summed E-state index contributed by atoms with van der Waals surface area (Å²) < 4.78 is 9.41. The number of ether oxygens (including phenoxy) is 1. The van der Waals surface area contributed by atoms with E-state index in [1.165, 1.54) is 5.56 Å². The van der Waals surface area contributed by atoms with E-state index in [-0.39, 0.29) is 11.9 Å². The van der Waals surface area contributed by atoms with Crippen LogP contribution in [0, 0.1) is 13.8 Å². The molecule has 2 aromatic heterocycles. The average Bonchev–Trinajstić information content (AvgIpc) is 3.25. The summed E-state index contributed by atoms with van der Waals surface area (Å²) in [5.74, 6) is -0.0176. The van der Waals surface area contributed by atoms with Crippen molar-refractivity contribution in [3.63, 3.8) is 0 Å². The number of morpholine rings is 1. The van der Waals surface area contributed by atoms with Gasteiger partial charge in [-0.2, -0.15) is 10.2 Å². The van der Waals surface area contributed by atoms with Crippen LogP contribution in [0.3, 0.4) is 0 Å². The smallest absolute Gasteiger partial charge is 0.257 e. The van der Waals surface area contributed by atoms with Crippen LogP contribution in [0.1, 0.15) is 38.9 Å². The largest absolute Gasteiger partial charge is 0.377 e. The number of amides is 1. The molecule has 7 heteroatoms. The molecule has 1 fully saturated rings. The van der Waals surface area contributed by atoms with Gasteiger partial charge in [0.15, 0.2) is 0 Å². The zero-order valence-corrected chi connectivity index (χ0v) is 16.5. The van der Waals surface area contributed by atoms with Gasteiger partial charge >= 0.3 is 0 Å². The molecule has 0 unspecified atom stereocenters. The van der Waals surface area contributed by atoms with Gasteiger partial charge in [-0.15, -0.1) is 0 Å². The molecule has 4 rings (SSSR count). The van der Waals surface area contributed by atoms with Gasteiger partial charge in [-0.3, -0.25) is 14.2 Å². The Hall–Kier alpha value is -2.93. The number of nitrogens with zero attached hydrogens (tertiary/aromatic N) is 5. The predicted molar refractivity (Wildman–Crippen MR) is 105 cm³/mol. The van der Waals surface area contributed by atoms with Gasteiger partial charge in [0.25, 0.3) is 5.91 Å². The second kappa shape index (κ2) is 7.59. The Morgan fingerprint density at radius 1 is 1.25 bits per heavy atom. The van der Waals surface area contributed by atoms with Gasteiger partial charge in [-0.05, 0) is 19.4 Å². The highest BCUT2D eigenvalue weighted by molar-refractivity contribution is 5.94. The predicted octanol–water partition coefficient (Wildman–Crippen LogP) is 2.50. The first-order chi connectivity index (χ1) is 13.5. The topological polar surface area (TPSA) is 65.2 Å². The van der Waals surface area contributed by atoms with Crippen LogP contribution in [-0.4, -0.2) is 50.1 Å². The monoisotopic (exact) mass is 379 g/mol. The summed E-state index contributed by atoms with van der Waals surface area (Å²) in [6.45, 7) is 6.35. The van der Waals surface area contributed by atoms with Gasteiger partial charge in [0.2, 0.25) is 0 Å². The fourth-order valence-corrected chi connectivity index (χ4v) is 3.89. The van der Waals surface area contributed by atoms with E-state index in [2.05, 4.69) is 24.2 Å². The van der Waals surface area contributed by atoms with Crippen molar-refractivity contribution in [2.45, 2.75) is 26.4 Å². The number of carbonyl (C=O) groups excluding carboxylic acids is 1. The molecule has 0 N–H and O–H groups in total. The molecule has 28 heavy (non-hydrogen) atoms. The minimum atomic E-state index is -0.147. The lowest BCUT2D eigenvalue weighted by Crippen LogP contribution is -2.43. The minimum Gasteiger partial charge on any atom is -0.377 e. The number of aryl methyl sites for hydroxylation is 2. The quantitative estimate of drug-likeness (QED) is 0.699. The van der Waals surface area contributed by atoms with E-state index in [9.17, 15) is 4.79 Å². The van der Waals surface area contributed by atoms with Crippen molar-refractivity contribution in [1.29, 1.82) is 0 Å². The van der Waals surface area contributed by atoms with E-state index in [4.69, 9.17) is 9.84 Å². The van der Waals surface area contributed by atoms with Crippen LogP contribution in [0.15, 0.2) is 42.7 Å². The van der Waals surface area contributed by atoms with Crippen molar-refractivity contribution >= 4 is 5.91 Å². The third kappa shape index (κ3) is 3.45. The Balaban J connectivity index is 1.65. The number of hydrogen-bond acceptors (Lipinski definition) is 4. The first kappa shape index (κ1) is 18.4. The maximum absolute atomic E-state index is 13.1. The summed E-state index contributed by atoms with van der Waals surface area (Å²) in [5.41, 5.74) is 4.88. The SMILES string of the molecule is Cc1nn(Cc2ccccc2)c(C)c1[C@H]1COCCN1C(=O)c1cnn(C)c1. The highest BCUT2D eigenvalue weighted by atomic mass is 16.5. The third-order valence-electron chi connectivity index (χ3n) is 5.29. The van der Waals surface area contributed by atoms with E-state index in [1.807, 2.05) is 41.8 Å². The van der Waals surface area contributed by atoms with E-state index in [0.29, 0.717) is 31.9 Å². The molecule has 0 aliphatic carbocycles. The van der Waals surface area contributed by atoms with Crippen LogP contribution < -0.4 is 0 Å². The summed E-state index contributed by atoms with van der Waals surface area (Å²) >= 11 is 0. The summed E-state index contributed by atoms with van der Waals surface area (Å²) in [5, 5.41) is 8.90. The average molecular weight is 379 g/mol. The maximum Gasteiger partial charge on any atom is 0.257 e. The number of carbonyl (C=O) groups is 1. The van der Waals surface area contributed by atoms with Crippen molar-refractivity contribution in [3.05, 3.63) is 70.8 Å². The van der Waals surface area contributed by atoms with Crippen molar-refractivity contribution < 1.29 is 9.53 Å². The third-order valence-corrected chi connectivity index (χ3v) is 5.29. The standard InChI is InChI=1S/C21H25N5O2/c1-15-20(16(2)26(23-15)12-17-7-5-4-6-8-17)19-14-28-10-9-25(19)21(27)18-11-22-24(3)13-18/h4-8,11,13,19H,9-10,12,14H2,1-3H3/t19-/m1/s1. The first-order valence-corrected chi connectivity index (χ1v) is 9.50. The highest BCUT2D eigenvalue weighted by Crippen LogP contribution is 2.31. The summed E-state index contributed by atoms with van der Waals surface area (Å²) in [6, 6.07) is 10.1. The lowest BCUT2D eigenvalue weighted by atomic mass is 10.0. The fourth-order valence-electron chi connectivity index (χ4n) is 3.89. The molecule has 1 aromatic carbocycles. The molecule has 0 bridgehead atoms. The molecule has 0 spiro atoms. The van der Waals surface area contributed by atoms with Gasteiger partial charge < -0.3 is 9.64 Å². The molecular weight excluding hydrogens is 354 g/mol. The molecule has 1 amide bonds. The van der Waals surface area contributed by atoms with Crippen molar-refractivity contribution in [2.75, 3.05) is 19.8 Å². The van der Waals surface area contributed by atoms with Crippen molar-refractivity contribution in [3.8, 4) is 0 Å². The van der Waals surface area contributed by atoms with Crippen LogP contribution in [0.4, 0.5) is 0 Å². The molecule has 146 valence electrons. The Bertz CT molecular complexity index is 976. The Morgan fingerprint density at radius 2 is 2.04 bits per heavy atom. The van der Waals surface area contributed by atoms with Crippen molar-refractivity contribution in [1.82, 2.24) is 24.5 Å². The molecule has 1 aliphatic heterocycles. The summed E-state index contributed by atoms with van der Waals surface area (Å²) in [7, 11) is 1.81. The molecule has 1 aliphatic rings. The minimum absolute atomic E-state index is 0.0176. The number of rotatable bonds is 4. The van der Waals surface area contributed by atoms with E-state index in [0.717, 1.165) is 17.0 Å². The Kier molecular flexibility index (Phi) is 5.00. The van der Waals surface area contributed by atoms with E-state index in [1.54, 1.807) is 17.1 Å². The van der Waals surface area contributed by atoms with Crippen molar-refractivity contribution in [2.24, 2.45) is 7.05 Å². The number of aromatic nitrogens is 4. The number of benzene rings is 1. The van der Waals surface area contributed by atoms with Gasteiger partial charge in [0, 0.05) is 31.0 Å². The zero-order valence-electron chi connectivity index (χ0n) is 16.5. The van der Waals surface area contributed by atoms with Gasteiger partial charge in [0.05, 0.1) is 43.3 Å². The highest BCUT2D eigenvalue weighted by Gasteiger charge is 2.33. The Labute approximate surface area is 164 Å². The van der Waals surface area contributed by atoms with Crippen LogP contribution in [0.2, 0.25) is 0 Å². The van der Waals surface area contributed by atoms with Crippen LogP contribution in [-0.2, 0) is 18.3 Å². The second-order valence-corrected chi connectivity index (χ2v) is 7.22. The lowest BCUT2D eigenvalue weighted by molar-refractivity contribution is -0.00305. The van der Waals surface area contributed by atoms with E-state index >= 15 is 0 Å². The van der Waals surface area contributed by atoms with Crippen LogP contribution in [0.25, 0.3) is 0 Å². The van der Waals surface area contributed by atoms with Gasteiger partial charge in [0.1, 0.15) is 0 Å². The molecule has 3 heterocycles. The molecular formula is C21H25N5O2. The maximum atomic E-state index is 13.1. The zero-order chi connectivity index (χ0) is 19.7. The normalized spacial score (nSPS) is 17.1. The van der Waals surface area contributed by atoms with E-state index < -0.39 is 0 Å².